The maximum atomic E-state index is 5.62. The fourth-order valence-corrected chi connectivity index (χ4v) is 3.13. The lowest BCUT2D eigenvalue weighted by molar-refractivity contribution is 0.171. The monoisotopic (exact) mass is 341 g/mol. The SMILES string of the molecule is CCN1CCN(c2ccnc(Nc3ccc4c(c3)OCCO4)n2)CC1. The normalized spacial score (nSPS) is 17.4. The summed E-state index contributed by atoms with van der Waals surface area (Å²) in [6.07, 6.45) is 1.80. The fourth-order valence-electron chi connectivity index (χ4n) is 3.13. The molecule has 132 valence electrons. The highest BCUT2D eigenvalue weighted by Gasteiger charge is 2.17. The van der Waals surface area contributed by atoms with Crippen molar-refractivity contribution in [2.45, 2.75) is 6.92 Å². The van der Waals surface area contributed by atoms with Gasteiger partial charge in [0.25, 0.3) is 0 Å². The van der Waals surface area contributed by atoms with Crippen LogP contribution in [0.4, 0.5) is 17.5 Å². The molecule has 1 fully saturated rings. The Morgan fingerprint density at radius 3 is 2.64 bits per heavy atom. The van der Waals surface area contributed by atoms with Crippen molar-refractivity contribution in [2.75, 3.05) is 56.2 Å². The standard InChI is InChI=1S/C18H23N5O2/c1-2-22-7-9-23(10-8-22)17-5-6-19-18(21-17)20-14-3-4-15-16(13-14)25-12-11-24-15/h3-6,13H,2,7-12H2,1H3,(H,19,20,21). The highest BCUT2D eigenvalue weighted by Crippen LogP contribution is 2.33. The molecule has 0 amide bonds. The molecule has 2 aliphatic heterocycles. The molecule has 0 aliphatic carbocycles. The minimum Gasteiger partial charge on any atom is -0.486 e. The Morgan fingerprint density at radius 2 is 1.84 bits per heavy atom. The number of hydrogen-bond acceptors (Lipinski definition) is 7. The Bertz CT molecular complexity index is 731. The number of piperazine rings is 1. The smallest absolute Gasteiger partial charge is 0.229 e. The number of ether oxygens (including phenoxy) is 2. The maximum Gasteiger partial charge on any atom is 0.229 e. The molecule has 2 aromatic rings. The van der Waals surface area contributed by atoms with Crippen LogP contribution in [-0.4, -0.2) is 60.8 Å². The van der Waals surface area contributed by atoms with Crippen molar-refractivity contribution in [2.24, 2.45) is 0 Å². The van der Waals surface area contributed by atoms with Gasteiger partial charge in [-0.15, -0.1) is 0 Å². The minimum atomic E-state index is 0.576. The summed E-state index contributed by atoms with van der Waals surface area (Å²) in [5.74, 6) is 3.08. The van der Waals surface area contributed by atoms with Gasteiger partial charge in [0.2, 0.25) is 5.95 Å². The van der Waals surface area contributed by atoms with Gasteiger partial charge >= 0.3 is 0 Å². The molecule has 1 saturated heterocycles. The van der Waals surface area contributed by atoms with E-state index in [2.05, 4.69) is 32.0 Å². The van der Waals surface area contributed by atoms with Crippen LogP contribution in [0.2, 0.25) is 0 Å². The zero-order chi connectivity index (χ0) is 17.1. The number of nitrogens with one attached hydrogen (secondary N) is 1. The van der Waals surface area contributed by atoms with Crippen molar-refractivity contribution < 1.29 is 9.47 Å². The van der Waals surface area contributed by atoms with Gasteiger partial charge in [-0.25, -0.2) is 4.98 Å². The van der Waals surface area contributed by atoms with Crippen molar-refractivity contribution in [3.8, 4) is 11.5 Å². The Morgan fingerprint density at radius 1 is 1.04 bits per heavy atom. The summed E-state index contributed by atoms with van der Waals surface area (Å²) in [4.78, 5) is 13.8. The lowest BCUT2D eigenvalue weighted by atomic mass is 10.2. The van der Waals surface area contributed by atoms with Gasteiger partial charge in [-0.3, -0.25) is 0 Å². The lowest BCUT2D eigenvalue weighted by Crippen LogP contribution is -2.46. The first-order valence-electron chi connectivity index (χ1n) is 8.79. The van der Waals surface area contributed by atoms with E-state index in [9.17, 15) is 0 Å². The molecular formula is C18H23N5O2. The lowest BCUT2D eigenvalue weighted by Gasteiger charge is -2.34. The zero-order valence-electron chi connectivity index (χ0n) is 14.4. The first-order valence-corrected chi connectivity index (χ1v) is 8.79. The molecule has 7 nitrogen and oxygen atoms in total. The summed E-state index contributed by atoms with van der Waals surface area (Å²) >= 11 is 0. The van der Waals surface area contributed by atoms with Gasteiger partial charge in [-0.1, -0.05) is 6.92 Å². The molecule has 0 spiro atoms. The van der Waals surface area contributed by atoms with Crippen molar-refractivity contribution in [3.63, 3.8) is 0 Å². The molecule has 0 unspecified atom stereocenters. The second-order valence-electron chi connectivity index (χ2n) is 6.14. The fraction of sp³-hybridized carbons (Fsp3) is 0.444. The topological polar surface area (TPSA) is 62.8 Å². The average Bonchev–Trinajstić information content (AvgIpc) is 2.68. The predicted octanol–water partition coefficient (Wildman–Crippen LogP) is 2.13. The van der Waals surface area contributed by atoms with E-state index in [1.807, 2.05) is 24.3 Å². The van der Waals surface area contributed by atoms with Gasteiger partial charge in [-0.05, 0) is 24.7 Å². The molecule has 0 radical (unpaired) electrons. The largest absolute Gasteiger partial charge is 0.486 e. The van der Waals surface area contributed by atoms with Crippen LogP contribution in [-0.2, 0) is 0 Å². The third kappa shape index (κ3) is 3.61. The summed E-state index contributed by atoms with van der Waals surface area (Å²) in [6, 6.07) is 7.75. The van der Waals surface area contributed by atoms with Crippen LogP contribution in [0.25, 0.3) is 0 Å². The van der Waals surface area contributed by atoms with Crippen LogP contribution in [0.1, 0.15) is 6.92 Å². The Labute approximate surface area is 147 Å². The molecule has 1 aromatic carbocycles. The Balaban J connectivity index is 1.46. The second-order valence-corrected chi connectivity index (χ2v) is 6.14. The van der Waals surface area contributed by atoms with Crippen molar-refractivity contribution in [1.82, 2.24) is 14.9 Å². The molecule has 1 N–H and O–H groups in total. The summed E-state index contributed by atoms with van der Waals surface area (Å²) in [7, 11) is 0. The van der Waals surface area contributed by atoms with E-state index in [1.54, 1.807) is 6.20 Å². The quantitative estimate of drug-likeness (QED) is 0.914. The van der Waals surface area contributed by atoms with E-state index >= 15 is 0 Å². The zero-order valence-corrected chi connectivity index (χ0v) is 14.4. The van der Waals surface area contributed by atoms with Crippen LogP contribution in [0, 0.1) is 0 Å². The van der Waals surface area contributed by atoms with E-state index in [1.165, 1.54) is 0 Å². The van der Waals surface area contributed by atoms with E-state index in [-0.39, 0.29) is 0 Å². The van der Waals surface area contributed by atoms with Crippen molar-refractivity contribution in [3.05, 3.63) is 30.5 Å². The molecule has 0 saturated carbocycles. The van der Waals surface area contributed by atoms with E-state index in [4.69, 9.17) is 9.47 Å². The van der Waals surface area contributed by atoms with Gasteiger partial charge in [0, 0.05) is 44.1 Å². The van der Waals surface area contributed by atoms with Crippen LogP contribution >= 0.6 is 0 Å². The molecule has 0 bridgehead atoms. The number of rotatable bonds is 4. The number of likely N-dealkylation sites (N-methyl/N-ethyl adjacent to an activating group) is 1. The Kier molecular flexibility index (Phi) is 4.56. The van der Waals surface area contributed by atoms with Gasteiger partial charge in [0.15, 0.2) is 11.5 Å². The third-order valence-corrected chi connectivity index (χ3v) is 4.58. The van der Waals surface area contributed by atoms with Gasteiger partial charge < -0.3 is 24.6 Å². The minimum absolute atomic E-state index is 0.576. The van der Waals surface area contributed by atoms with Gasteiger partial charge in [-0.2, -0.15) is 4.98 Å². The Hall–Kier alpha value is -2.54. The number of fused-ring (bicyclic) bond motifs is 1. The predicted molar refractivity (Wildman–Crippen MR) is 97.1 cm³/mol. The molecule has 2 aliphatic rings. The van der Waals surface area contributed by atoms with E-state index < -0.39 is 0 Å². The highest BCUT2D eigenvalue weighted by molar-refractivity contribution is 5.60. The van der Waals surface area contributed by atoms with Crippen molar-refractivity contribution in [1.29, 1.82) is 0 Å². The highest BCUT2D eigenvalue weighted by atomic mass is 16.6. The number of benzene rings is 1. The van der Waals surface area contributed by atoms with Gasteiger partial charge in [0.1, 0.15) is 19.0 Å². The maximum absolute atomic E-state index is 5.62. The number of aromatic nitrogens is 2. The molecular weight excluding hydrogens is 318 g/mol. The first-order chi connectivity index (χ1) is 12.3. The summed E-state index contributed by atoms with van der Waals surface area (Å²) in [5.41, 5.74) is 0.886. The molecule has 25 heavy (non-hydrogen) atoms. The van der Waals surface area contributed by atoms with Crippen LogP contribution in [0.5, 0.6) is 11.5 Å². The molecule has 0 atom stereocenters. The molecule has 3 heterocycles. The number of hydrogen-bond donors (Lipinski definition) is 1. The van der Waals surface area contributed by atoms with E-state index in [0.717, 1.165) is 55.7 Å². The third-order valence-electron chi connectivity index (χ3n) is 4.58. The van der Waals surface area contributed by atoms with Crippen LogP contribution < -0.4 is 19.7 Å². The van der Waals surface area contributed by atoms with Gasteiger partial charge in [0.05, 0.1) is 0 Å². The number of nitrogens with zero attached hydrogens (tertiary/aromatic N) is 4. The first kappa shape index (κ1) is 16.0. The summed E-state index contributed by atoms with van der Waals surface area (Å²) in [6.45, 7) is 8.62. The summed E-state index contributed by atoms with van der Waals surface area (Å²) in [5, 5.41) is 3.26. The van der Waals surface area contributed by atoms with Crippen molar-refractivity contribution >= 4 is 17.5 Å². The molecule has 7 heteroatoms. The van der Waals surface area contributed by atoms with E-state index in [0.29, 0.717) is 19.2 Å². The average molecular weight is 341 g/mol. The summed E-state index contributed by atoms with van der Waals surface area (Å²) < 4.78 is 11.2. The van der Waals surface area contributed by atoms with Crippen LogP contribution in [0.15, 0.2) is 30.5 Å². The number of anilines is 3. The van der Waals surface area contributed by atoms with Crippen LogP contribution in [0.3, 0.4) is 0 Å². The molecule has 1 aromatic heterocycles. The second kappa shape index (κ2) is 7.14. The molecule has 4 rings (SSSR count).